The van der Waals surface area contributed by atoms with Crippen molar-refractivity contribution in [3.8, 4) is 0 Å². The van der Waals surface area contributed by atoms with Gasteiger partial charge in [0.1, 0.15) is 0 Å². The summed E-state index contributed by atoms with van der Waals surface area (Å²) < 4.78 is 0. The molecular formula is C14H17NS. The summed E-state index contributed by atoms with van der Waals surface area (Å²) in [6.45, 7) is 4.08. The lowest BCUT2D eigenvalue weighted by atomic mass is 10.2. The van der Waals surface area contributed by atoms with Gasteiger partial charge in [0.15, 0.2) is 0 Å². The van der Waals surface area contributed by atoms with Gasteiger partial charge < -0.3 is 5.73 Å². The number of hydrogen-bond donors (Lipinski definition) is 1. The number of rotatable bonds is 4. The molecule has 1 rings (SSSR count). The van der Waals surface area contributed by atoms with E-state index in [0.717, 1.165) is 5.70 Å². The highest BCUT2D eigenvalue weighted by Crippen LogP contribution is 2.23. The van der Waals surface area contributed by atoms with E-state index < -0.39 is 0 Å². The molecular weight excluding hydrogens is 214 g/mol. The molecule has 0 bridgehead atoms. The lowest BCUT2D eigenvalue weighted by molar-refractivity contribution is 1.31. The molecule has 1 nitrogen and oxygen atoms in total. The smallest absolute Gasteiger partial charge is 0.0381 e. The maximum Gasteiger partial charge on any atom is 0.0381 e. The van der Waals surface area contributed by atoms with Crippen LogP contribution in [0.2, 0.25) is 0 Å². The fourth-order valence-corrected chi connectivity index (χ4v) is 1.89. The Morgan fingerprint density at radius 3 is 2.69 bits per heavy atom. The molecule has 0 aromatic heterocycles. The van der Waals surface area contributed by atoms with E-state index >= 15 is 0 Å². The van der Waals surface area contributed by atoms with Crippen LogP contribution in [0.3, 0.4) is 0 Å². The summed E-state index contributed by atoms with van der Waals surface area (Å²) in [6, 6.07) is 8.27. The summed E-state index contributed by atoms with van der Waals surface area (Å²) in [5.41, 5.74) is 7.87. The Labute approximate surface area is 102 Å². The summed E-state index contributed by atoms with van der Waals surface area (Å²) in [5, 5.41) is 1.96. The number of aryl methyl sites for hydroxylation is 1. The minimum Gasteiger partial charge on any atom is -0.398 e. The van der Waals surface area contributed by atoms with E-state index in [0.29, 0.717) is 0 Å². The van der Waals surface area contributed by atoms with Gasteiger partial charge in [-0.25, -0.2) is 0 Å². The fourth-order valence-electron chi connectivity index (χ4n) is 1.14. The second kappa shape index (κ2) is 6.96. The van der Waals surface area contributed by atoms with Crippen molar-refractivity contribution in [1.82, 2.24) is 0 Å². The van der Waals surface area contributed by atoms with Crippen molar-refractivity contribution < 1.29 is 0 Å². The molecule has 0 heterocycles. The molecule has 16 heavy (non-hydrogen) atoms. The summed E-state index contributed by atoms with van der Waals surface area (Å²) >= 11 is 1.65. The third-order valence-electron chi connectivity index (χ3n) is 2.01. The molecule has 0 saturated heterocycles. The Morgan fingerprint density at radius 2 is 2.00 bits per heavy atom. The van der Waals surface area contributed by atoms with E-state index in [-0.39, 0.29) is 0 Å². The molecule has 1 aromatic carbocycles. The van der Waals surface area contributed by atoms with E-state index in [1.54, 1.807) is 11.8 Å². The largest absolute Gasteiger partial charge is 0.398 e. The molecule has 0 aliphatic heterocycles. The Morgan fingerprint density at radius 1 is 1.25 bits per heavy atom. The lowest BCUT2D eigenvalue weighted by Crippen LogP contribution is -1.90. The van der Waals surface area contributed by atoms with Crippen LogP contribution in [-0.4, -0.2) is 0 Å². The van der Waals surface area contributed by atoms with Gasteiger partial charge in [0, 0.05) is 10.6 Å². The summed E-state index contributed by atoms with van der Waals surface area (Å²) in [6.07, 6.45) is 7.76. The Bertz CT molecular complexity index is 416. The van der Waals surface area contributed by atoms with Crippen LogP contribution in [0, 0.1) is 6.92 Å². The lowest BCUT2D eigenvalue weighted by Gasteiger charge is -2.00. The van der Waals surface area contributed by atoms with Crippen molar-refractivity contribution in [2.45, 2.75) is 18.7 Å². The van der Waals surface area contributed by atoms with E-state index in [4.69, 9.17) is 5.73 Å². The molecule has 0 radical (unpaired) electrons. The standard InChI is InChI=1S/C14H17NS/c1-3-4-5-9-13(15)11-16-14-10-7-6-8-12(14)2/h3-11H,15H2,1-2H3/b4-3-,9-5-,13-11-. The predicted octanol–water partition coefficient (Wildman–Crippen LogP) is 4.02. The topological polar surface area (TPSA) is 26.0 Å². The molecule has 0 fully saturated rings. The zero-order chi connectivity index (χ0) is 11.8. The molecule has 0 aliphatic rings. The average Bonchev–Trinajstić information content (AvgIpc) is 2.28. The van der Waals surface area contributed by atoms with Crippen molar-refractivity contribution in [2.75, 3.05) is 0 Å². The average molecular weight is 231 g/mol. The van der Waals surface area contributed by atoms with Crippen LogP contribution in [0.5, 0.6) is 0 Å². The van der Waals surface area contributed by atoms with Gasteiger partial charge in [0.25, 0.3) is 0 Å². The van der Waals surface area contributed by atoms with Crippen molar-refractivity contribution in [2.24, 2.45) is 5.73 Å². The van der Waals surface area contributed by atoms with Gasteiger partial charge in [-0.3, -0.25) is 0 Å². The van der Waals surface area contributed by atoms with Crippen LogP contribution in [0.15, 0.2) is 64.6 Å². The van der Waals surface area contributed by atoms with Crippen molar-refractivity contribution in [3.63, 3.8) is 0 Å². The zero-order valence-corrected chi connectivity index (χ0v) is 10.5. The number of allylic oxidation sites excluding steroid dienone is 4. The van der Waals surface area contributed by atoms with Gasteiger partial charge in [0.2, 0.25) is 0 Å². The first-order valence-corrected chi connectivity index (χ1v) is 6.09. The van der Waals surface area contributed by atoms with Crippen molar-refractivity contribution in [1.29, 1.82) is 0 Å². The van der Waals surface area contributed by atoms with Crippen molar-refractivity contribution >= 4 is 11.8 Å². The highest BCUT2D eigenvalue weighted by molar-refractivity contribution is 8.02. The van der Waals surface area contributed by atoms with E-state index in [9.17, 15) is 0 Å². The first kappa shape index (κ1) is 12.7. The minimum atomic E-state index is 0.770. The first-order chi connectivity index (χ1) is 7.74. The van der Waals surface area contributed by atoms with Gasteiger partial charge in [-0.15, -0.1) is 0 Å². The maximum atomic E-state index is 5.83. The molecule has 2 heteroatoms. The van der Waals surface area contributed by atoms with Gasteiger partial charge >= 0.3 is 0 Å². The van der Waals surface area contributed by atoms with Crippen LogP contribution in [0.1, 0.15) is 12.5 Å². The molecule has 0 aliphatic carbocycles. The molecule has 0 atom stereocenters. The fraction of sp³-hybridized carbons (Fsp3) is 0.143. The van der Waals surface area contributed by atoms with E-state index in [1.165, 1.54) is 10.5 Å². The second-order valence-corrected chi connectivity index (χ2v) is 4.30. The van der Waals surface area contributed by atoms with Crippen LogP contribution in [-0.2, 0) is 0 Å². The number of benzene rings is 1. The molecule has 0 saturated carbocycles. The summed E-state index contributed by atoms with van der Waals surface area (Å²) in [5.74, 6) is 0. The van der Waals surface area contributed by atoms with E-state index in [1.807, 2.05) is 48.8 Å². The van der Waals surface area contributed by atoms with Gasteiger partial charge in [-0.1, -0.05) is 48.2 Å². The Kier molecular flexibility index (Phi) is 5.51. The Hall–Kier alpha value is -1.41. The summed E-state index contributed by atoms with van der Waals surface area (Å²) in [7, 11) is 0. The van der Waals surface area contributed by atoms with Crippen molar-refractivity contribution in [3.05, 3.63) is 65.2 Å². The maximum absolute atomic E-state index is 5.83. The predicted molar refractivity (Wildman–Crippen MR) is 73.3 cm³/mol. The van der Waals surface area contributed by atoms with Crippen LogP contribution in [0.4, 0.5) is 0 Å². The van der Waals surface area contributed by atoms with Gasteiger partial charge in [-0.2, -0.15) is 0 Å². The van der Waals surface area contributed by atoms with Crippen LogP contribution in [0.25, 0.3) is 0 Å². The molecule has 0 unspecified atom stereocenters. The highest BCUT2D eigenvalue weighted by atomic mass is 32.2. The molecule has 1 aromatic rings. The Balaban J connectivity index is 2.62. The monoisotopic (exact) mass is 231 g/mol. The zero-order valence-electron chi connectivity index (χ0n) is 9.68. The number of thioether (sulfide) groups is 1. The number of hydrogen-bond acceptors (Lipinski definition) is 2. The van der Waals surface area contributed by atoms with Gasteiger partial charge in [0.05, 0.1) is 0 Å². The molecule has 0 amide bonds. The third-order valence-corrected chi connectivity index (χ3v) is 3.11. The molecule has 84 valence electrons. The van der Waals surface area contributed by atoms with Crippen LogP contribution >= 0.6 is 11.8 Å². The van der Waals surface area contributed by atoms with E-state index in [2.05, 4.69) is 19.1 Å². The SMILES string of the molecule is C\C=C/C=C\C(N)=C\Sc1ccccc1C. The quantitative estimate of drug-likeness (QED) is 0.625. The summed E-state index contributed by atoms with van der Waals surface area (Å²) in [4.78, 5) is 1.24. The second-order valence-electron chi connectivity index (χ2n) is 3.39. The van der Waals surface area contributed by atoms with Crippen LogP contribution < -0.4 is 5.73 Å². The molecule has 2 N–H and O–H groups in total. The normalized spacial score (nSPS) is 12.8. The molecule has 0 spiro atoms. The minimum absolute atomic E-state index is 0.770. The third kappa shape index (κ3) is 4.41. The van der Waals surface area contributed by atoms with Gasteiger partial charge in [-0.05, 0) is 37.0 Å². The number of nitrogens with two attached hydrogens (primary N) is 1. The first-order valence-electron chi connectivity index (χ1n) is 5.21. The highest BCUT2D eigenvalue weighted by Gasteiger charge is 1.94.